The molecule has 5 nitrogen and oxygen atoms in total. The van der Waals surface area contributed by atoms with Crippen molar-refractivity contribution in [2.45, 2.75) is 38.6 Å². The number of fused-ring (bicyclic) bond motifs is 1. The van der Waals surface area contributed by atoms with Crippen LogP contribution in [0.1, 0.15) is 32.1 Å². The van der Waals surface area contributed by atoms with E-state index in [0.29, 0.717) is 11.3 Å². The Labute approximate surface area is 155 Å². The van der Waals surface area contributed by atoms with E-state index >= 15 is 0 Å². The highest BCUT2D eigenvalue weighted by Crippen LogP contribution is 2.38. The number of nitrogens with one attached hydrogen (secondary N) is 1. The van der Waals surface area contributed by atoms with E-state index in [2.05, 4.69) is 38.2 Å². The van der Waals surface area contributed by atoms with E-state index in [9.17, 15) is 4.79 Å². The molecule has 0 unspecified atom stereocenters. The molecule has 136 valence electrons. The van der Waals surface area contributed by atoms with Crippen molar-refractivity contribution in [3.63, 3.8) is 0 Å². The quantitative estimate of drug-likeness (QED) is 0.909. The molecule has 3 heterocycles. The van der Waals surface area contributed by atoms with Crippen LogP contribution in [0.3, 0.4) is 0 Å². The topological polar surface area (TPSA) is 50.2 Å². The summed E-state index contributed by atoms with van der Waals surface area (Å²) in [7, 11) is 0. The van der Waals surface area contributed by atoms with Crippen molar-refractivity contribution in [2.75, 3.05) is 26.2 Å². The summed E-state index contributed by atoms with van der Waals surface area (Å²) in [6.07, 6.45) is 7.11. The average molecular weight is 363 g/mol. The Hall–Kier alpha value is -1.59. The van der Waals surface area contributed by atoms with E-state index in [0.717, 1.165) is 52.0 Å². The molecule has 2 fully saturated rings. The third kappa shape index (κ3) is 3.82. The van der Waals surface area contributed by atoms with Crippen LogP contribution in [0.4, 0.5) is 0 Å². The summed E-state index contributed by atoms with van der Waals surface area (Å²) in [4.78, 5) is 14.4. The van der Waals surface area contributed by atoms with E-state index < -0.39 is 0 Å². The zero-order chi connectivity index (χ0) is 16.4. The highest BCUT2D eigenvalue weighted by molar-refractivity contribution is 5.85. The average Bonchev–Trinajstić information content (AvgIpc) is 3.02. The van der Waals surface area contributed by atoms with Gasteiger partial charge in [0.2, 0.25) is 5.91 Å². The van der Waals surface area contributed by atoms with Gasteiger partial charge in [0, 0.05) is 31.4 Å². The lowest BCUT2D eigenvalue weighted by Gasteiger charge is -2.45. The van der Waals surface area contributed by atoms with Gasteiger partial charge in [-0.3, -0.25) is 9.48 Å². The molecule has 1 aromatic carbocycles. The molecule has 1 aromatic heterocycles. The number of carbonyl (C=O) groups excluding carboxylic acids is 1. The minimum absolute atomic E-state index is 0. The van der Waals surface area contributed by atoms with Crippen LogP contribution < -0.4 is 5.32 Å². The highest BCUT2D eigenvalue weighted by Gasteiger charge is 2.39. The number of nitrogens with zero attached hydrogens (tertiary/aromatic N) is 3. The van der Waals surface area contributed by atoms with Gasteiger partial charge in [-0.25, -0.2) is 0 Å². The molecule has 2 aliphatic rings. The number of carbonyl (C=O) groups is 1. The third-order valence-corrected chi connectivity index (χ3v) is 5.76. The predicted octanol–water partition coefficient (Wildman–Crippen LogP) is 2.84. The van der Waals surface area contributed by atoms with Crippen molar-refractivity contribution in [2.24, 2.45) is 5.41 Å². The molecule has 2 saturated heterocycles. The van der Waals surface area contributed by atoms with Crippen molar-refractivity contribution in [1.82, 2.24) is 20.0 Å². The number of para-hydroxylation sites is 1. The minimum atomic E-state index is 0. The largest absolute Gasteiger partial charge is 0.342 e. The van der Waals surface area contributed by atoms with Crippen molar-refractivity contribution >= 4 is 29.2 Å². The molecule has 0 atom stereocenters. The number of aryl methyl sites for hydroxylation is 1. The number of likely N-dealkylation sites (tertiary alicyclic amines) is 1. The Bertz CT molecular complexity index is 723. The van der Waals surface area contributed by atoms with Gasteiger partial charge < -0.3 is 10.2 Å². The van der Waals surface area contributed by atoms with Crippen LogP contribution >= 0.6 is 12.4 Å². The minimum Gasteiger partial charge on any atom is -0.342 e. The third-order valence-electron chi connectivity index (χ3n) is 5.76. The van der Waals surface area contributed by atoms with E-state index in [1.54, 1.807) is 0 Å². The Morgan fingerprint density at radius 3 is 2.76 bits per heavy atom. The van der Waals surface area contributed by atoms with Crippen LogP contribution in [-0.4, -0.2) is 46.8 Å². The number of piperidine rings is 2. The standard InChI is InChI=1S/C19H26N4O.ClH/c24-18-6-7-19(8-10-20-11-9-19)15-22(18)12-3-13-23-17-5-2-1-4-16(17)14-21-23;/h1-2,4-5,14,20H,3,6-13,15H2;1H. The second-order valence-corrected chi connectivity index (χ2v) is 7.35. The SMILES string of the molecule is Cl.O=C1CCC2(CCNCC2)CN1CCCn1ncc2ccccc21. The zero-order valence-corrected chi connectivity index (χ0v) is 15.4. The Morgan fingerprint density at radius 2 is 1.92 bits per heavy atom. The summed E-state index contributed by atoms with van der Waals surface area (Å²) in [6.45, 7) is 4.87. The first-order valence-corrected chi connectivity index (χ1v) is 9.15. The maximum atomic E-state index is 12.3. The van der Waals surface area contributed by atoms with Crippen LogP contribution in [0.15, 0.2) is 30.5 Å². The van der Waals surface area contributed by atoms with Crippen molar-refractivity contribution in [3.05, 3.63) is 30.5 Å². The number of amides is 1. The molecule has 25 heavy (non-hydrogen) atoms. The Morgan fingerprint density at radius 1 is 1.12 bits per heavy atom. The van der Waals surface area contributed by atoms with Crippen LogP contribution in [0.5, 0.6) is 0 Å². The number of hydrogen-bond acceptors (Lipinski definition) is 3. The fraction of sp³-hybridized carbons (Fsp3) is 0.579. The molecule has 1 spiro atoms. The molecule has 0 radical (unpaired) electrons. The first-order chi connectivity index (χ1) is 11.8. The Balaban J connectivity index is 0.00000182. The van der Waals surface area contributed by atoms with Gasteiger partial charge in [0.1, 0.15) is 0 Å². The number of aromatic nitrogens is 2. The number of halogens is 1. The maximum absolute atomic E-state index is 12.3. The maximum Gasteiger partial charge on any atom is 0.222 e. The molecule has 6 heteroatoms. The Kier molecular flexibility index (Phi) is 5.64. The lowest BCUT2D eigenvalue weighted by molar-refractivity contribution is -0.138. The van der Waals surface area contributed by atoms with Gasteiger partial charge in [-0.15, -0.1) is 12.4 Å². The van der Waals surface area contributed by atoms with Crippen molar-refractivity contribution < 1.29 is 4.79 Å². The normalized spacial score (nSPS) is 20.0. The molecular weight excluding hydrogens is 336 g/mol. The van der Waals surface area contributed by atoms with Crippen LogP contribution in [0.2, 0.25) is 0 Å². The van der Waals surface area contributed by atoms with E-state index in [4.69, 9.17) is 0 Å². The molecular formula is C19H27ClN4O. The fourth-order valence-electron chi connectivity index (χ4n) is 4.29. The predicted molar refractivity (Wildman–Crippen MR) is 102 cm³/mol. The van der Waals surface area contributed by atoms with Crippen LogP contribution in [-0.2, 0) is 11.3 Å². The summed E-state index contributed by atoms with van der Waals surface area (Å²) in [5.41, 5.74) is 1.55. The highest BCUT2D eigenvalue weighted by atomic mass is 35.5. The smallest absolute Gasteiger partial charge is 0.222 e. The number of rotatable bonds is 4. The summed E-state index contributed by atoms with van der Waals surface area (Å²) < 4.78 is 2.06. The van der Waals surface area contributed by atoms with E-state index in [1.807, 2.05) is 12.3 Å². The molecule has 1 amide bonds. The molecule has 4 rings (SSSR count). The monoisotopic (exact) mass is 362 g/mol. The molecule has 0 saturated carbocycles. The molecule has 0 aliphatic carbocycles. The summed E-state index contributed by atoms with van der Waals surface area (Å²) in [6, 6.07) is 8.29. The molecule has 0 bridgehead atoms. The zero-order valence-electron chi connectivity index (χ0n) is 14.6. The molecule has 1 N–H and O–H groups in total. The van der Waals surface area contributed by atoms with E-state index in [1.165, 1.54) is 23.7 Å². The van der Waals surface area contributed by atoms with Gasteiger partial charge >= 0.3 is 0 Å². The number of benzene rings is 1. The van der Waals surface area contributed by atoms with Crippen molar-refractivity contribution in [1.29, 1.82) is 0 Å². The summed E-state index contributed by atoms with van der Waals surface area (Å²) in [5.74, 6) is 0.337. The van der Waals surface area contributed by atoms with Crippen LogP contribution in [0, 0.1) is 5.41 Å². The van der Waals surface area contributed by atoms with E-state index in [-0.39, 0.29) is 12.4 Å². The fourth-order valence-corrected chi connectivity index (χ4v) is 4.29. The van der Waals surface area contributed by atoms with Gasteiger partial charge in [-0.2, -0.15) is 5.10 Å². The van der Waals surface area contributed by atoms with Gasteiger partial charge in [0.25, 0.3) is 0 Å². The van der Waals surface area contributed by atoms with Gasteiger partial charge in [-0.05, 0) is 50.3 Å². The molecule has 2 aliphatic heterocycles. The summed E-state index contributed by atoms with van der Waals surface area (Å²) in [5, 5.41) is 9.11. The van der Waals surface area contributed by atoms with Gasteiger partial charge in [0.05, 0.1) is 11.7 Å². The van der Waals surface area contributed by atoms with Crippen molar-refractivity contribution in [3.8, 4) is 0 Å². The summed E-state index contributed by atoms with van der Waals surface area (Å²) >= 11 is 0. The number of hydrogen-bond donors (Lipinski definition) is 1. The lowest BCUT2D eigenvalue weighted by atomic mass is 9.73. The second kappa shape index (κ2) is 7.75. The first-order valence-electron chi connectivity index (χ1n) is 9.15. The van der Waals surface area contributed by atoms with Gasteiger partial charge in [-0.1, -0.05) is 18.2 Å². The second-order valence-electron chi connectivity index (χ2n) is 7.35. The van der Waals surface area contributed by atoms with Gasteiger partial charge in [0.15, 0.2) is 0 Å². The lowest BCUT2D eigenvalue weighted by Crippen LogP contribution is -2.50. The van der Waals surface area contributed by atoms with Crippen LogP contribution in [0.25, 0.3) is 10.9 Å². The first kappa shape index (κ1) is 18.2. The molecule has 2 aromatic rings.